The minimum absolute atomic E-state index is 0.00745. The number of likely N-dealkylation sites (N-methyl/N-ethyl adjacent to an activating group) is 2. The standard InChI is InChI=1S/C50H67N7O8.2C3H8/c1-32(48(64)65)27-28-56(9)47(63)44(49(3,4)5)55-46(62)43(51-8)50(6,7)37-20-16-21-38(29-37)54-45(61)33(2)53-41(59)30-52-40(58)23-14-15-24-42(60)57-31-36-19-11-10-17-34(36)25-26-35-18-12-13-22-39(35)57;2*1-3-2/h10,12-13,16-18,20-22,25-27,29,33,43-44,51H,11,14-15,19,23-24,28,30-31H2,1-9H3,(H,52,58)(H,53,59)(H,54,61)(H,55,62)(H,64,65);2*3H2,1-2H3/b26-25-,32-27+;;/t33-,43?,44?;;/m0../s1. The van der Waals surface area contributed by atoms with Gasteiger partial charge in [-0.1, -0.05) is 136 Å². The molecule has 0 spiro atoms. The summed E-state index contributed by atoms with van der Waals surface area (Å²) in [5.74, 6) is -3.28. The van der Waals surface area contributed by atoms with Crippen molar-refractivity contribution in [1.29, 1.82) is 0 Å². The maximum Gasteiger partial charge on any atom is 0.331 e. The molecule has 0 fully saturated rings. The fourth-order valence-corrected chi connectivity index (χ4v) is 7.73. The second-order valence-electron chi connectivity index (χ2n) is 19.8. The molecule has 1 aliphatic carbocycles. The lowest BCUT2D eigenvalue weighted by Gasteiger charge is -2.38. The van der Waals surface area contributed by atoms with E-state index in [-0.39, 0.29) is 49.2 Å². The first-order valence-electron chi connectivity index (χ1n) is 25.0. The van der Waals surface area contributed by atoms with Gasteiger partial charge in [0.1, 0.15) is 12.1 Å². The quantitative estimate of drug-likeness (QED) is 0.0592. The van der Waals surface area contributed by atoms with Gasteiger partial charge in [0.25, 0.3) is 0 Å². The predicted molar refractivity (Wildman–Crippen MR) is 286 cm³/mol. The number of para-hydroxylation sites is 1. The molecule has 4 rings (SSSR count). The number of nitrogens with zero attached hydrogens (tertiary/aromatic N) is 2. The number of benzene rings is 2. The van der Waals surface area contributed by atoms with Gasteiger partial charge in [0, 0.05) is 49.7 Å². The number of unbranched alkanes of at least 4 members (excludes halogenated alkanes) is 1. The Morgan fingerprint density at radius 2 is 1.46 bits per heavy atom. The van der Waals surface area contributed by atoms with Gasteiger partial charge in [0.15, 0.2) is 0 Å². The Bertz CT molecular complexity index is 2270. The highest BCUT2D eigenvalue weighted by molar-refractivity contribution is 5.98. The molecule has 0 radical (unpaired) electrons. The number of hydrogen-bond acceptors (Lipinski definition) is 8. The fourth-order valence-electron chi connectivity index (χ4n) is 7.73. The molecule has 0 saturated carbocycles. The smallest absolute Gasteiger partial charge is 0.331 e. The first-order valence-corrected chi connectivity index (χ1v) is 25.0. The Labute approximate surface area is 423 Å². The number of carbonyl (C=O) groups excluding carboxylic acids is 6. The Morgan fingerprint density at radius 3 is 2.10 bits per heavy atom. The predicted octanol–water partition coefficient (Wildman–Crippen LogP) is 8.23. The van der Waals surface area contributed by atoms with E-state index in [9.17, 15) is 38.7 Å². The first-order chi connectivity index (χ1) is 33.5. The average Bonchev–Trinajstić information content (AvgIpc) is 3.31. The molecule has 71 heavy (non-hydrogen) atoms. The lowest BCUT2D eigenvalue weighted by atomic mass is 9.76. The van der Waals surface area contributed by atoms with Gasteiger partial charge in [-0.15, -0.1) is 0 Å². The normalized spacial score (nSPS) is 14.9. The third kappa shape index (κ3) is 19.4. The molecular formula is C56H83N7O8. The zero-order valence-corrected chi connectivity index (χ0v) is 44.7. The molecule has 6 N–H and O–H groups in total. The highest BCUT2D eigenvalue weighted by Crippen LogP contribution is 2.32. The van der Waals surface area contributed by atoms with E-state index >= 15 is 0 Å². The van der Waals surface area contributed by atoms with Crippen molar-refractivity contribution >= 4 is 58.9 Å². The molecule has 390 valence electrons. The van der Waals surface area contributed by atoms with E-state index in [0.717, 1.165) is 29.7 Å². The summed E-state index contributed by atoms with van der Waals surface area (Å²) in [4.78, 5) is 94.1. The number of anilines is 2. The monoisotopic (exact) mass is 982 g/mol. The molecule has 2 unspecified atom stereocenters. The van der Waals surface area contributed by atoms with Gasteiger partial charge in [-0.3, -0.25) is 28.8 Å². The second kappa shape index (κ2) is 29.7. The van der Waals surface area contributed by atoms with E-state index in [1.54, 1.807) is 32.3 Å². The van der Waals surface area contributed by atoms with Crippen molar-refractivity contribution < 1.29 is 38.7 Å². The number of carbonyl (C=O) groups is 7. The average molecular weight is 982 g/mol. The highest BCUT2D eigenvalue weighted by atomic mass is 16.4. The van der Waals surface area contributed by atoms with Crippen LogP contribution in [-0.4, -0.2) is 103 Å². The van der Waals surface area contributed by atoms with Crippen LogP contribution < -0.4 is 31.5 Å². The van der Waals surface area contributed by atoms with Gasteiger partial charge in [-0.25, -0.2) is 4.79 Å². The summed E-state index contributed by atoms with van der Waals surface area (Å²) in [5.41, 5.74) is 3.89. The molecule has 2 aromatic rings. The van der Waals surface area contributed by atoms with Gasteiger partial charge in [0.2, 0.25) is 35.4 Å². The molecule has 2 aromatic carbocycles. The van der Waals surface area contributed by atoms with Crippen LogP contribution in [-0.2, 0) is 39.0 Å². The Hall–Kier alpha value is -6.35. The van der Waals surface area contributed by atoms with Crippen LogP contribution in [0, 0.1) is 5.41 Å². The van der Waals surface area contributed by atoms with Crippen molar-refractivity contribution in [2.45, 2.75) is 151 Å². The molecule has 2 aliphatic rings. The van der Waals surface area contributed by atoms with Crippen LogP contribution in [0.15, 0.2) is 89.6 Å². The molecule has 3 atom stereocenters. The number of hydrogen-bond donors (Lipinski definition) is 6. The number of carboxylic acids is 1. The summed E-state index contributed by atoms with van der Waals surface area (Å²) in [6.07, 6.45) is 15.6. The van der Waals surface area contributed by atoms with Gasteiger partial charge in [-0.05, 0) is 92.5 Å². The maximum absolute atomic E-state index is 13.9. The van der Waals surface area contributed by atoms with Crippen molar-refractivity contribution in [3.63, 3.8) is 0 Å². The summed E-state index contributed by atoms with van der Waals surface area (Å²) in [6, 6.07) is 12.1. The summed E-state index contributed by atoms with van der Waals surface area (Å²) < 4.78 is 0. The molecule has 15 nitrogen and oxygen atoms in total. The molecule has 1 aliphatic heterocycles. The van der Waals surface area contributed by atoms with Crippen LogP contribution in [0.3, 0.4) is 0 Å². The Morgan fingerprint density at radius 1 is 0.817 bits per heavy atom. The number of allylic oxidation sites excluding steroid dienone is 4. The van der Waals surface area contributed by atoms with Crippen molar-refractivity contribution in [2.24, 2.45) is 5.41 Å². The Kier molecular flexibility index (Phi) is 25.5. The lowest BCUT2D eigenvalue weighted by molar-refractivity contribution is -0.139. The van der Waals surface area contributed by atoms with Crippen molar-refractivity contribution in [1.82, 2.24) is 26.2 Å². The molecule has 0 saturated heterocycles. The number of aliphatic carboxylic acids is 1. The van der Waals surface area contributed by atoms with Crippen LogP contribution >= 0.6 is 0 Å². The number of amides is 6. The number of fused-ring (bicyclic) bond motifs is 1. The van der Waals surface area contributed by atoms with Crippen molar-refractivity contribution in [2.75, 3.05) is 43.9 Å². The zero-order valence-electron chi connectivity index (χ0n) is 44.7. The minimum Gasteiger partial charge on any atom is -0.478 e. The summed E-state index contributed by atoms with van der Waals surface area (Å²) in [5, 5.41) is 23.3. The number of carboxylic acid groups (broad SMARTS) is 1. The zero-order chi connectivity index (χ0) is 53.5. The van der Waals surface area contributed by atoms with Gasteiger partial charge >= 0.3 is 5.97 Å². The number of nitrogens with one attached hydrogen (secondary N) is 5. The fraction of sp³-hybridized carbons (Fsp3) is 0.518. The summed E-state index contributed by atoms with van der Waals surface area (Å²) >= 11 is 0. The first kappa shape index (κ1) is 60.8. The Balaban J connectivity index is 0.00000273. The van der Waals surface area contributed by atoms with E-state index in [1.165, 1.54) is 43.2 Å². The minimum atomic E-state index is -1.08. The van der Waals surface area contributed by atoms with Crippen LogP contribution in [0.2, 0.25) is 0 Å². The topological polar surface area (TPSA) is 206 Å². The van der Waals surface area contributed by atoms with Crippen LogP contribution in [0.25, 0.3) is 6.08 Å². The number of rotatable bonds is 19. The molecule has 15 heteroatoms. The van der Waals surface area contributed by atoms with E-state index in [0.29, 0.717) is 30.6 Å². The van der Waals surface area contributed by atoms with Crippen molar-refractivity contribution in [3.05, 3.63) is 101 Å². The van der Waals surface area contributed by atoms with Gasteiger partial charge < -0.3 is 41.5 Å². The largest absolute Gasteiger partial charge is 0.478 e. The lowest BCUT2D eigenvalue weighted by Crippen LogP contribution is -2.60. The van der Waals surface area contributed by atoms with Crippen LogP contribution in [0.5, 0.6) is 0 Å². The third-order valence-corrected chi connectivity index (χ3v) is 11.8. The molecule has 0 aromatic heterocycles. The van der Waals surface area contributed by atoms with E-state index in [4.69, 9.17) is 0 Å². The molecule has 1 heterocycles. The van der Waals surface area contributed by atoms with E-state index in [2.05, 4.69) is 72.5 Å². The second-order valence-corrected chi connectivity index (χ2v) is 19.8. The molecule has 6 amide bonds. The summed E-state index contributed by atoms with van der Waals surface area (Å²) in [7, 11) is 3.19. The van der Waals surface area contributed by atoms with Gasteiger partial charge in [0.05, 0.1) is 18.3 Å². The van der Waals surface area contributed by atoms with E-state index in [1.807, 2.05) is 75.9 Å². The van der Waals surface area contributed by atoms with Gasteiger partial charge in [-0.2, -0.15) is 0 Å². The van der Waals surface area contributed by atoms with Crippen LogP contribution in [0.4, 0.5) is 11.4 Å². The molecular weight excluding hydrogens is 899 g/mol. The molecule has 0 bridgehead atoms. The third-order valence-electron chi connectivity index (χ3n) is 11.8. The van der Waals surface area contributed by atoms with Crippen LogP contribution in [0.1, 0.15) is 139 Å². The van der Waals surface area contributed by atoms with Crippen molar-refractivity contribution in [3.8, 4) is 0 Å². The maximum atomic E-state index is 13.9. The highest BCUT2D eigenvalue weighted by Gasteiger charge is 2.41. The SMILES string of the molecule is CCC.CCC.CNC(C(=O)NC(C(=O)N(C)C/C=C(\C)C(=O)O)C(C)(C)C)C(C)(C)c1cccc(NC(=O)[C@H](C)NC(=O)CNC(=O)CCCCC(=O)N2CC3=C(C=CCC3)/C=C\c3ccccc32)c1. The van der Waals surface area contributed by atoms with E-state index < -0.39 is 52.6 Å². The summed E-state index contributed by atoms with van der Waals surface area (Å²) in [6.45, 7) is 20.9.